The Morgan fingerprint density at radius 3 is 2.76 bits per heavy atom. The number of halogens is 1. The number of nitrogens with zero attached hydrogens (tertiary/aromatic N) is 1. The molecule has 0 amide bonds. The van der Waals surface area contributed by atoms with Gasteiger partial charge in [0, 0.05) is 17.7 Å². The maximum absolute atomic E-state index is 13.7. The number of benzene rings is 2. The maximum Gasteiger partial charge on any atom is 0.340 e. The van der Waals surface area contributed by atoms with Crippen LogP contribution in [0.25, 0.3) is 0 Å². The fourth-order valence-corrected chi connectivity index (χ4v) is 2.13. The van der Waals surface area contributed by atoms with E-state index in [0.717, 1.165) is 18.2 Å². The topological polar surface area (TPSA) is 81.5 Å². The van der Waals surface area contributed by atoms with Crippen molar-refractivity contribution in [2.24, 2.45) is 0 Å². The van der Waals surface area contributed by atoms with Gasteiger partial charge in [-0.2, -0.15) is 0 Å². The lowest BCUT2D eigenvalue weighted by atomic mass is 10.1. The molecule has 0 aliphatic carbocycles. The van der Waals surface area contributed by atoms with Gasteiger partial charge >= 0.3 is 5.97 Å². The zero-order chi connectivity index (χ0) is 15.0. The Morgan fingerprint density at radius 2 is 2.00 bits per heavy atom. The molecule has 1 aliphatic heterocycles. The first-order valence-corrected chi connectivity index (χ1v) is 6.06. The summed E-state index contributed by atoms with van der Waals surface area (Å²) in [4.78, 5) is 21.8. The van der Waals surface area contributed by atoms with Crippen molar-refractivity contribution in [1.82, 2.24) is 0 Å². The van der Waals surface area contributed by atoms with Gasteiger partial charge < -0.3 is 10.1 Å². The van der Waals surface area contributed by atoms with Crippen molar-refractivity contribution in [2.75, 3.05) is 5.32 Å². The molecule has 1 heterocycles. The molecule has 0 radical (unpaired) electrons. The van der Waals surface area contributed by atoms with Crippen LogP contribution in [0.4, 0.5) is 15.8 Å². The molecule has 106 valence electrons. The zero-order valence-corrected chi connectivity index (χ0v) is 10.6. The van der Waals surface area contributed by atoms with Crippen molar-refractivity contribution in [3.63, 3.8) is 0 Å². The summed E-state index contributed by atoms with van der Waals surface area (Å²) in [5.41, 5.74) is 0.601. The lowest BCUT2D eigenvalue weighted by molar-refractivity contribution is -0.384. The second kappa shape index (κ2) is 4.86. The average Bonchev–Trinajstić information content (AvgIpc) is 2.78. The molecule has 0 saturated heterocycles. The number of carbonyl (C=O) groups is 1. The fraction of sp³-hybridized carbons (Fsp3) is 0.0714. The molecule has 2 aromatic rings. The highest BCUT2D eigenvalue weighted by atomic mass is 19.1. The van der Waals surface area contributed by atoms with E-state index in [1.807, 2.05) is 0 Å². The lowest BCUT2D eigenvalue weighted by Gasteiger charge is -2.14. The van der Waals surface area contributed by atoms with E-state index in [0.29, 0.717) is 11.1 Å². The van der Waals surface area contributed by atoms with Gasteiger partial charge in [0.05, 0.1) is 16.2 Å². The first kappa shape index (κ1) is 13.0. The number of hydrogen-bond acceptors (Lipinski definition) is 5. The summed E-state index contributed by atoms with van der Waals surface area (Å²) in [6, 6.07) is 9.80. The van der Waals surface area contributed by atoms with Crippen molar-refractivity contribution < 1.29 is 18.8 Å². The Morgan fingerprint density at radius 1 is 1.24 bits per heavy atom. The van der Waals surface area contributed by atoms with E-state index in [9.17, 15) is 19.3 Å². The first-order valence-electron chi connectivity index (χ1n) is 6.06. The maximum atomic E-state index is 13.7. The highest BCUT2D eigenvalue weighted by Crippen LogP contribution is 2.33. The average molecular weight is 288 g/mol. The SMILES string of the molecule is O=C1O[C@@H](Nc2cc([N+](=O)[O-])ccc2F)c2ccccc21. The van der Waals surface area contributed by atoms with Crippen LogP contribution in [-0.4, -0.2) is 10.9 Å². The largest absolute Gasteiger partial charge is 0.434 e. The third-order valence-corrected chi connectivity index (χ3v) is 3.14. The van der Waals surface area contributed by atoms with E-state index in [2.05, 4.69) is 5.32 Å². The van der Waals surface area contributed by atoms with E-state index in [1.54, 1.807) is 24.3 Å². The molecule has 21 heavy (non-hydrogen) atoms. The molecule has 7 heteroatoms. The van der Waals surface area contributed by atoms with Crippen LogP contribution >= 0.6 is 0 Å². The normalized spacial score (nSPS) is 16.2. The zero-order valence-electron chi connectivity index (χ0n) is 10.6. The third-order valence-electron chi connectivity index (χ3n) is 3.14. The number of fused-ring (bicyclic) bond motifs is 1. The van der Waals surface area contributed by atoms with Crippen LogP contribution in [0.3, 0.4) is 0 Å². The number of nitro benzene ring substituents is 1. The van der Waals surface area contributed by atoms with Gasteiger partial charge in [-0.3, -0.25) is 10.1 Å². The number of rotatable bonds is 3. The Labute approximate surface area is 118 Å². The minimum atomic E-state index is -0.870. The Kier molecular flexibility index (Phi) is 3.02. The summed E-state index contributed by atoms with van der Waals surface area (Å²) in [6.07, 6.45) is -0.870. The number of non-ortho nitro benzene ring substituents is 1. The number of cyclic esters (lactones) is 1. The van der Waals surface area contributed by atoms with Crippen LogP contribution in [-0.2, 0) is 4.74 Å². The molecule has 3 rings (SSSR count). The van der Waals surface area contributed by atoms with Gasteiger partial charge in [0.2, 0.25) is 6.23 Å². The van der Waals surface area contributed by atoms with Gasteiger partial charge in [0.1, 0.15) is 5.82 Å². The molecule has 0 bridgehead atoms. The van der Waals surface area contributed by atoms with Crippen molar-refractivity contribution in [2.45, 2.75) is 6.23 Å². The second-order valence-electron chi connectivity index (χ2n) is 4.44. The quantitative estimate of drug-likeness (QED) is 0.533. The Bertz CT molecular complexity index is 748. The van der Waals surface area contributed by atoms with Gasteiger partial charge in [-0.05, 0) is 12.1 Å². The predicted octanol–water partition coefficient (Wildman–Crippen LogP) is 3.02. The van der Waals surface area contributed by atoms with Crippen LogP contribution < -0.4 is 5.32 Å². The number of anilines is 1. The van der Waals surface area contributed by atoms with Crippen molar-refractivity contribution in [1.29, 1.82) is 0 Å². The molecule has 1 aliphatic rings. The number of ether oxygens (including phenoxy) is 1. The van der Waals surface area contributed by atoms with Crippen LogP contribution in [0.1, 0.15) is 22.1 Å². The number of hydrogen-bond donors (Lipinski definition) is 1. The van der Waals surface area contributed by atoms with Crippen LogP contribution in [0.5, 0.6) is 0 Å². The lowest BCUT2D eigenvalue weighted by Crippen LogP contribution is -2.11. The minimum Gasteiger partial charge on any atom is -0.434 e. The Balaban J connectivity index is 1.93. The summed E-state index contributed by atoms with van der Waals surface area (Å²) >= 11 is 0. The molecule has 0 saturated carbocycles. The molecule has 6 nitrogen and oxygen atoms in total. The van der Waals surface area contributed by atoms with Crippen molar-refractivity contribution in [3.05, 3.63) is 69.5 Å². The van der Waals surface area contributed by atoms with E-state index in [1.165, 1.54) is 0 Å². The van der Waals surface area contributed by atoms with Gasteiger partial charge in [-0.1, -0.05) is 18.2 Å². The molecular weight excluding hydrogens is 279 g/mol. The number of esters is 1. The fourth-order valence-electron chi connectivity index (χ4n) is 2.13. The van der Waals surface area contributed by atoms with Gasteiger partial charge in [0.15, 0.2) is 0 Å². The summed E-state index contributed by atoms with van der Waals surface area (Å²) in [5.74, 6) is -1.19. The molecule has 1 atom stereocenters. The second-order valence-corrected chi connectivity index (χ2v) is 4.44. The summed E-state index contributed by atoms with van der Waals surface area (Å²) in [7, 11) is 0. The molecule has 0 fully saturated rings. The van der Waals surface area contributed by atoms with E-state index in [4.69, 9.17) is 4.74 Å². The third kappa shape index (κ3) is 2.29. The van der Waals surface area contributed by atoms with E-state index >= 15 is 0 Å². The highest BCUT2D eigenvalue weighted by molar-refractivity contribution is 5.94. The van der Waals surface area contributed by atoms with E-state index < -0.39 is 22.9 Å². The van der Waals surface area contributed by atoms with Gasteiger partial charge in [0.25, 0.3) is 5.69 Å². The molecule has 2 aromatic carbocycles. The molecule has 0 unspecified atom stereocenters. The summed E-state index contributed by atoms with van der Waals surface area (Å²) in [6.45, 7) is 0. The molecule has 0 aromatic heterocycles. The first-order chi connectivity index (χ1) is 10.1. The van der Waals surface area contributed by atoms with Gasteiger partial charge in [-0.15, -0.1) is 0 Å². The van der Waals surface area contributed by atoms with Crippen LogP contribution in [0, 0.1) is 15.9 Å². The molecule has 1 N–H and O–H groups in total. The molecular formula is C14H9FN2O4. The molecule has 0 spiro atoms. The minimum absolute atomic E-state index is 0.0984. The van der Waals surface area contributed by atoms with Gasteiger partial charge in [-0.25, -0.2) is 9.18 Å². The van der Waals surface area contributed by atoms with Crippen molar-refractivity contribution >= 4 is 17.3 Å². The highest BCUT2D eigenvalue weighted by Gasteiger charge is 2.31. The monoisotopic (exact) mass is 288 g/mol. The van der Waals surface area contributed by atoms with Crippen LogP contribution in [0.2, 0.25) is 0 Å². The predicted molar refractivity (Wildman–Crippen MR) is 71.3 cm³/mol. The number of nitrogens with one attached hydrogen (secondary N) is 1. The summed E-state index contributed by atoms with van der Waals surface area (Å²) in [5, 5.41) is 13.4. The standard InChI is InChI=1S/C14H9FN2O4/c15-11-6-5-8(17(19)20)7-12(11)16-13-9-3-1-2-4-10(9)14(18)21-13/h1-7,13,16H/t13-/m1/s1. The van der Waals surface area contributed by atoms with E-state index in [-0.39, 0.29) is 11.4 Å². The number of carbonyl (C=O) groups excluding carboxylic acids is 1. The van der Waals surface area contributed by atoms with Crippen LogP contribution in [0.15, 0.2) is 42.5 Å². The summed E-state index contributed by atoms with van der Waals surface area (Å²) < 4.78 is 18.8. The van der Waals surface area contributed by atoms with Crippen molar-refractivity contribution in [3.8, 4) is 0 Å². The number of nitro groups is 1. The smallest absolute Gasteiger partial charge is 0.340 e. The Hall–Kier alpha value is -2.96.